The van der Waals surface area contributed by atoms with E-state index in [4.69, 9.17) is 0 Å². The summed E-state index contributed by atoms with van der Waals surface area (Å²) in [5, 5.41) is 5.69. The van der Waals surface area contributed by atoms with Crippen LogP contribution in [-0.4, -0.2) is 5.25 Å². The number of rotatable bonds is 9. The molecular formula is C55H41NS2. The van der Waals surface area contributed by atoms with Crippen molar-refractivity contribution in [2.75, 3.05) is 4.90 Å². The maximum absolute atomic E-state index is 2.59. The average Bonchev–Trinajstić information content (AvgIpc) is 3.86. The van der Waals surface area contributed by atoms with Gasteiger partial charge in [-0.25, -0.2) is 0 Å². The number of allylic oxidation sites excluding steroid dienone is 3. The zero-order valence-corrected chi connectivity index (χ0v) is 33.7. The Bertz CT molecular complexity index is 2960. The number of para-hydroxylation sites is 2. The van der Waals surface area contributed by atoms with Crippen molar-refractivity contribution < 1.29 is 0 Å². The molecule has 1 aliphatic heterocycles. The number of hydrogen-bond acceptors (Lipinski definition) is 3. The molecule has 3 unspecified atom stereocenters. The monoisotopic (exact) mass is 779 g/mol. The van der Waals surface area contributed by atoms with E-state index >= 15 is 0 Å². The van der Waals surface area contributed by atoms with Crippen molar-refractivity contribution in [2.45, 2.75) is 34.8 Å². The lowest BCUT2D eigenvalue weighted by Gasteiger charge is -2.35. The molecule has 278 valence electrons. The van der Waals surface area contributed by atoms with Crippen LogP contribution in [0.4, 0.5) is 11.4 Å². The van der Waals surface area contributed by atoms with Gasteiger partial charge in [0, 0.05) is 59.2 Å². The van der Waals surface area contributed by atoms with Crippen molar-refractivity contribution in [3.8, 4) is 11.1 Å². The van der Waals surface area contributed by atoms with E-state index in [2.05, 4.69) is 211 Å². The van der Waals surface area contributed by atoms with Gasteiger partial charge in [0.1, 0.15) is 0 Å². The molecule has 3 atom stereocenters. The fourth-order valence-electron chi connectivity index (χ4n) is 9.35. The van der Waals surface area contributed by atoms with Crippen LogP contribution in [0.2, 0.25) is 0 Å². The van der Waals surface area contributed by atoms with Crippen molar-refractivity contribution in [2.24, 2.45) is 0 Å². The highest BCUT2D eigenvalue weighted by Gasteiger charge is 2.39. The van der Waals surface area contributed by atoms with Gasteiger partial charge in [-0.3, -0.25) is 0 Å². The number of anilines is 2. The molecule has 9 aromatic rings. The van der Waals surface area contributed by atoms with Crippen LogP contribution in [0.15, 0.2) is 217 Å². The van der Waals surface area contributed by atoms with Crippen LogP contribution in [0.1, 0.15) is 40.5 Å². The number of aryl methyl sites for hydroxylation is 1. The molecule has 1 aliphatic carbocycles. The third-order valence-corrected chi connectivity index (χ3v) is 14.5. The van der Waals surface area contributed by atoms with E-state index in [0.717, 1.165) is 12.8 Å². The van der Waals surface area contributed by atoms with Crippen LogP contribution in [0, 0.1) is 0 Å². The van der Waals surface area contributed by atoms with Crippen LogP contribution >= 0.6 is 23.1 Å². The van der Waals surface area contributed by atoms with Gasteiger partial charge in [0.15, 0.2) is 0 Å². The molecule has 11 rings (SSSR count). The molecule has 0 amide bonds. The summed E-state index contributed by atoms with van der Waals surface area (Å²) in [5.74, 6) is 0.423. The molecule has 3 heteroatoms. The molecule has 0 radical (unpaired) electrons. The predicted molar refractivity (Wildman–Crippen MR) is 250 cm³/mol. The van der Waals surface area contributed by atoms with Crippen molar-refractivity contribution in [1.82, 2.24) is 0 Å². The lowest BCUT2D eigenvalue weighted by atomic mass is 9.81. The summed E-state index contributed by atoms with van der Waals surface area (Å²) in [4.78, 5) is 3.86. The van der Waals surface area contributed by atoms with Gasteiger partial charge >= 0.3 is 0 Å². The van der Waals surface area contributed by atoms with Crippen LogP contribution in [0.25, 0.3) is 42.1 Å². The Morgan fingerprint density at radius 3 is 2.10 bits per heavy atom. The lowest BCUT2D eigenvalue weighted by Crippen LogP contribution is -2.26. The predicted octanol–water partition coefficient (Wildman–Crippen LogP) is 15.5. The van der Waals surface area contributed by atoms with Crippen LogP contribution in [0.3, 0.4) is 0 Å². The second kappa shape index (κ2) is 15.0. The first kappa shape index (κ1) is 35.1. The molecule has 0 N–H and O–H groups in total. The quantitative estimate of drug-likeness (QED) is 0.144. The summed E-state index contributed by atoms with van der Waals surface area (Å²) in [5.41, 5.74) is 11.8. The second-order valence-electron chi connectivity index (χ2n) is 15.5. The normalized spacial score (nSPS) is 16.3. The van der Waals surface area contributed by atoms with Crippen LogP contribution in [0.5, 0.6) is 0 Å². The number of hydrogen-bond donors (Lipinski definition) is 0. The zero-order valence-electron chi connectivity index (χ0n) is 32.0. The van der Waals surface area contributed by atoms with E-state index in [-0.39, 0.29) is 11.8 Å². The first-order chi connectivity index (χ1) is 28.7. The Labute approximate surface area is 348 Å². The van der Waals surface area contributed by atoms with E-state index < -0.39 is 0 Å². The molecule has 2 heterocycles. The van der Waals surface area contributed by atoms with E-state index in [0.29, 0.717) is 5.25 Å². The van der Waals surface area contributed by atoms with Crippen molar-refractivity contribution in [1.29, 1.82) is 0 Å². The lowest BCUT2D eigenvalue weighted by molar-refractivity contribution is 0.715. The van der Waals surface area contributed by atoms with E-state index in [1.54, 1.807) is 0 Å². The number of thioether (sulfide) groups is 1. The van der Waals surface area contributed by atoms with Crippen molar-refractivity contribution in [3.05, 3.63) is 234 Å². The van der Waals surface area contributed by atoms with Crippen molar-refractivity contribution >= 4 is 65.4 Å². The molecule has 0 saturated carbocycles. The van der Waals surface area contributed by atoms with Gasteiger partial charge in [-0.15, -0.1) is 23.1 Å². The molecule has 8 aromatic carbocycles. The van der Waals surface area contributed by atoms with Gasteiger partial charge in [0.25, 0.3) is 0 Å². The molecule has 0 fully saturated rings. The molecular weight excluding hydrogens is 739 g/mol. The highest BCUT2D eigenvalue weighted by molar-refractivity contribution is 8.00. The minimum atomic E-state index is 0.202. The minimum Gasteiger partial charge on any atom is -0.314 e. The maximum atomic E-state index is 2.59. The second-order valence-corrected chi connectivity index (χ2v) is 17.8. The Hall–Kier alpha value is -6.13. The number of fused-ring (bicyclic) bond motifs is 7. The van der Waals surface area contributed by atoms with Crippen molar-refractivity contribution in [3.63, 3.8) is 0 Å². The molecule has 58 heavy (non-hydrogen) atoms. The molecule has 1 nitrogen and oxygen atoms in total. The molecule has 0 spiro atoms. The molecule has 2 aliphatic rings. The minimum absolute atomic E-state index is 0.202. The summed E-state index contributed by atoms with van der Waals surface area (Å²) in [7, 11) is 0. The standard InChI is InChI=1S/C55H41NS2/c1-4-14-38(15-5-1)41-29-32-50-47(35-41)54-46(22-12-24-52(54)57-50)45(31-27-37-26-28-39-16-10-11-17-40(39)34-37)42-30-33-51-48(36-42)55-49(23-13-25-53(55)58-51)56(43-18-6-2-7-19-43)44-20-8-3-9-21-44/h1-26,28-30,32-36,45,53,55H,27,31H2. The van der Waals surface area contributed by atoms with Gasteiger partial charge < -0.3 is 4.90 Å². The SMILES string of the molecule is C1=CC2Sc3ccc(C(CCc4ccc5ccccc5c4)c4cccc5sc6ccc(-c7ccccc7)cc6c45)cc3C2C(N(c2ccccc2)c2ccccc2)=C1. The van der Waals surface area contributed by atoms with E-state index in [1.807, 2.05) is 23.1 Å². The maximum Gasteiger partial charge on any atom is 0.0458 e. The summed E-state index contributed by atoms with van der Waals surface area (Å²) in [6.45, 7) is 0. The van der Waals surface area contributed by atoms with Crippen LogP contribution < -0.4 is 4.90 Å². The molecule has 1 aromatic heterocycles. The Balaban J connectivity index is 1.05. The largest absolute Gasteiger partial charge is 0.314 e. The summed E-state index contributed by atoms with van der Waals surface area (Å²) >= 11 is 3.93. The first-order valence-electron chi connectivity index (χ1n) is 20.3. The fourth-order valence-corrected chi connectivity index (χ4v) is 11.8. The van der Waals surface area contributed by atoms with Crippen LogP contribution in [-0.2, 0) is 6.42 Å². The third-order valence-electron chi connectivity index (χ3n) is 12.1. The number of nitrogens with zero attached hydrogens (tertiary/aromatic N) is 1. The summed E-state index contributed by atoms with van der Waals surface area (Å²) in [6, 6.07) is 69.9. The number of benzene rings is 8. The van der Waals surface area contributed by atoms with Gasteiger partial charge in [-0.2, -0.15) is 0 Å². The van der Waals surface area contributed by atoms with Gasteiger partial charge in [-0.05, 0) is 112 Å². The summed E-state index contributed by atoms with van der Waals surface area (Å²) < 4.78 is 2.70. The molecule has 0 bridgehead atoms. The number of thiophene rings is 1. The Morgan fingerprint density at radius 1 is 0.569 bits per heavy atom. The highest BCUT2D eigenvalue weighted by atomic mass is 32.2. The zero-order chi connectivity index (χ0) is 38.4. The van der Waals surface area contributed by atoms with Gasteiger partial charge in [0.2, 0.25) is 0 Å². The smallest absolute Gasteiger partial charge is 0.0458 e. The summed E-state index contributed by atoms with van der Waals surface area (Å²) in [6.07, 6.45) is 9.03. The molecule has 0 saturated heterocycles. The average molecular weight is 780 g/mol. The van der Waals surface area contributed by atoms with Gasteiger partial charge in [-0.1, -0.05) is 152 Å². The Morgan fingerprint density at radius 2 is 1.31 bits per heavy atom. The highest BCUT2D eigenvalue weighted by Crippen LogP contribution is 2.54. The first-order valence-corrected chi connectivity index (χ1v) is 22.0. The fraction of sp³-hybridized carbons (Fsp3) is 0.0909. The Kier molecular flexibility index (Phi) is 9.06. The van der Waals surface area contributed by atoms with E-state index in [1.165, 1.54) is 86.3 Å². The van der Waals surface area contributed by atoms with Gasteiger partial charge in [0.05, 0.1) is 0 Å². The van der Waals surface area contributed by atoms with E-state index in [9.17, 15) is 0 Å². The topological polar surface area (TPSA) is 3.24 Å². The third kappa shape index (κ3) is 6.36.